The van der Waals surface area contributed by atoms with Gasteiger partial charge in [0.2, 0.25) is 0 Å². The Labute approximate surface area is 179 Å². The van der Waals surface area contributed by atoms with Crippen molar-refractivity contribution in [3.63, 3.8) is 0 Å². The van der Waals surface area contributed by atoms with Crippen molar-refractivity contribution in [1.29, 1.82) is 0 Å². The molecule has 0 saturated carbocycles. The first-order valence-electron chi connectivity index (χ1n) is 10.3. The van der Waals surface area contributed by atoms with Gasteiger partial charge >= 0.3 is 6.03 Å². The van der Waals surface area contributed by atoms with E-state index >= 15 is 0 Å². The number of carbonyl (C=O) groups is 1. The van der Waals surface area contributed by atoms with Crippen molar-refractivity contribution in [2.45, 2.75) is 32.4 Å². The van der Waals surface area contributed by atoms with Crippen LogP contribution in [0.2, 0.25) is 0 Å². The van der Waals surface area contributed by atoms with E-state index in [2.05, 4.69) is 20.6 Å². The molecular weight excluding hydrogens is 400 g/mol. The quantitative estimate of drug-likeness (QED) is 0.608. The van der Waals surface area contributed by atoms with Crippen LogP contribution in [0.25, 0.3) is 0 Å². The minimum atomic E-state index is -0.816. The van der Waals surface area contributed by atoms with Crippen LogP contribution >= 0.6 is 0 Å². The minimum Gasteiger partial charge on any atom is -0.307 e. The van der Waals surface area contributed by atoms with Gasteiger partial charge in [0.05, 0.1) is 12.2 Å². The predicted molar refractivity (Wildman–Crippen MR) is 116 cm³/mol. The monoisotopic (exact) mass is 425 g/mol. The smallest absolute Gasteiger partial charge is 0.307 e. The average Bonchev–Trinajstić information content (AvgIpc) is 3.21. The van der Waals surface area contributed by atoms with Crippen LogP contribution in [0.5, 0.6) is 0 Å². The second kappa shape index (κ2) is 9.26. The third-order valence-corrected chi connectivity index (χ3v) is 5.63. The van der Waals surface area contributed by atoms with E-state index in [0.29, 0.717) is 17.9 Å². The third kappa shape index (κ3) is 4.91. The van der Waals surface area contributed by atoms with E-state index in [1.54, 1.807) is 18.3 Å². The maximum atomic E-state index is 14.0. The summed E-state index contributed by atoms with van der Waals surface area (Å²) >= 11 is 0. The molecule has 6 nitrogen and oxygen atoms in total. The molecule has 0 radical (unpaired) electrons. The number of likely N-dealkylation sites (tertiary alicyclic amines) is 1. The van der Waals surface area contributed by atoms with Gasteiger partial charge in [-0.1, -0.05) is 30.3 Å². The Morgan fingerprint density at radius 2 is 1.84 bits per heavy atom. The lowest BCUT2D eigenvalue weighted by Gasteiger charge is -2.32. The maximum Gasteiger partial charge on any atom is 0.324 e. The van der Waals surface area contributed by atoms with Crippen LogP contribution in [0.3, 0.4) is 0 Å². The van der Waals surface area contributed by atoms with Gasteiger partial charge in [-0.15, -0.1) is 0 Å². The molecule has 1 fully saturated rings. The van der Waals surface area contributed by atoms with Crippen molar-refractivity contribution < 1.29 is 13.6 Å². The van der Waals surface area contributed by atoms with E-state index in [4.69, 9.17) is 0 Å². The van der Waals surface area contributed by atoms with Crippen LogP contribution in [0.15, 0.2) is 54.7 Å². The molecule has 3 aromatic rings. The van der Waals surface area contributed by atoms with Gasteiger partial charge in [0.15, 0.2) is 11.6 Å². The van der Waals surface area contributed by atoms with Crippen LogP contribution in [-0.4, -0.2) is 33.8 Å². The Balaban J connectivity index is 1.35. The molecule has 0 aliphatic carbocycles. The van der Waals surface area contributed by atoms with Crippen LogP contribution < -0.4 is 10.6 Å². The van der Waals surface area contributed by atoms with Gasteiger partial charge in [0.25, 0.3) is 0 Å². The molecule has 2 aromatic carbocycles. The highest BCUT2D eigenvalue weighted by Gasteiger charge is 2.24. The van der Waals surface area contributed by atoms with Gasteiger partial charge in [0, 0.05) is 37.0 Å². The zero-order valence-corrected chi connectivity index (χ0v) is 17.3. The van der Waals surface area contributed by atoms with Gasteiger partial charge in [0.1, 0.15) is 5.82 Å². The molecule has 4 rings (SSSR count). The highest BCUT2D eigenvalue weighted by Crippen LogP contribution is 2.27. The van der Waals surface area contributed by atoms with Crippen LogP contribution in [0, 0.1) is 18.6 Å². The Kier molecular flexibility index (Phi) is 6.27. The number of aromatic nitrogens is 2. The lowest BCUT2D eigenvalue weighted by molar-refractivity contribution is 0.172. The summed E-state index contributed by atoms with van der Waals surface area (Å²) < 4.78 is 29.2. The number of anilines is 2. The number of para-hydroxylation sites is 1. The number of benzene rings is 2. The van der Waals surface area contributed by atoms with Gasteiger partial charge in [-0.2, -0.15) is 5.10 Å². The first kappa shape index (κ1) is 21.0. The van der Waals surface area contributed by atoms with Crippen molar-refractivity contribution >= 4 is 17.5 Å². The highest BCUT2D eigenvalue weighted by atomic mass is 19.2. The van der Waals surface area contributed by atoms with E-state index in [9.17, 15) is 13.6 Å². The summed E-state index contributed by atoms with van der Waals surface area (Å²) in [5.74, 6) is -0.966. The number of rotatable bonds is 5. The lowest BCUT2D eigenvalue weighted by atomic mass is 10.0. The molecule has 162 valence electrons. The van der Waals surface area contributed by atoms with E-state index in [1.165, 1.54) is 6.07 Å². The van der Waals surface area contributed by atoms with Crippen molar-refractivity contribution in [3.8, 4) is 0 Å². The van der Waals surface area contributed by atoms with E-state index < -0.39 is 11.6 Å². The fourth-order valence-electron chi connectivity index (χ4n) is 3.92. The number of nitrogens with one attached hydrogen (secondary N) is 2. The summed E-state index contributed by atoms with van der Waals surface area (Å²) in [7, 11) is 0. The summed E-state index contributed by atoms with van der Waals surface area (Å²) in [4.78, 5) is 14.6. The van der Waals surface area contributed by atoms with Gasteiger partial charge in [-0.3, -0.25) is 10.2 Å². The molecule has 2 amide bonds. The molecule has 1 aromatic heterocycles. The first-order chi connectivity index (χ1) is 15.0. The normalized spacial score (nSPS) is 15.1. The van der Waals surface area contributed by atoms with Gasteiger partial charge in [-0.25, -0.2) is 18.3 Å². The van der Waals surface area contributed by atoms with E-state index in [-0.39, 0.29) is 12.1 Å². The van der Waals surface area contributed by atoms with Crippen molar-refractivity contribution in [2.24, 2.45) is 0 Å². The standard InChI is InChI=1S/C23H25F2N5O/c1-16-5-2-3-8-20(16)27-23(31)28-21-9-12-26-30(21)18-10-13-29(14-11-18)15-17-6-4-7-19(24)22(17)25/h2-9,12,18H,10-11,13-15H2,1H3,(H2,27,28,31). The molecule has 8 heteroatoms. The molecular formula is C23H25F2N5O. The number of piperidine rings is 1. The highest BCUT2D eigenvalue weighted by molar-refractivity contribution is 5.99. The molecule has 0 bridgehead atoms. The fourth-order valence-corrected chi connectivity index (χ4v) is 3.92. The summed E-state index contributed by atoms with van der Waals surface area (Å²) in [5, 5.41) is 10.1. The molecule has 0 spiro atoms. The number of aryl methyl sites for hydroxylation is 1. The number of carbonyl (C=O) groups excluding carboxylic acids is 1. The average molecular weight is 425 g/mol. The first-order valence-corrected chi connectivity index (χ1v) is 10.3. The predicted octanol–water partition coefficient (Wildman–Crippen LogP) is 4.95. The topological polar surface area (TPSA) is 62.2 Å². The summed E-state index contributed by atoms with van der Waals surface area (Å²) in [6.45, 7) is 3.77. The van der Waals surface area contributed by atoms with Crippen LogP contribution in [0.4, 0.5) is 25.1 Å². The number of hydrogen-bond donors (Lipinski definition) is 2. The second-order valence-electron chi connectivity index (χ2n) is 7.78. The van der Waals surface area contributed by atoms with Gasteiger partial charge in [-0.05, 0) is 37.5 Å². The lowest BCUT2D eigenvalue weighted by Crippen LogP contribution is -2.35. The van der Waals surface area contributed by atoms with Crippen molar-refractivity contribution in [2.75, 3.05) is 23.7 Å². The van der Waals surface area contributed by atoms with Gasteiger partial charge < -0.3 is 5.32 Å². The zero-order chi connectivity index (χ0) is 21.8. The molecule has 1 saturated heterocycles. The Morgan fingerprint density at radius 3 is 2.61 bits per heavy atom. The summed E-state index contributed by atoms with van der Waals surface area (Å²) in [6.07, 6.45) is 3.26. The largest absolute Gasteiger partial charge is 0.324 e. The number of hydrogen-bond acceptors (Lipinski definition) is 3. The maximum absolute atomic E-state index is 14.0. The molecule has 1 aliphatic rings. The molecule has 31 heavy (non-hydrogen) atoms. The Morgan fingerprint density at radius 1 is 1.06 bits per heavy atom. The molecule has 2 heterocycles. The van der Waals surface area contributed by atoms with E-state index in [1.807, 2.05) is 35.9 Å². The van der Waals surface area contributed by atoms with Crippen LogP contribution in [-0.2, 0) is 6.54 Å². The van der Waals surface area contributed by atoms with Crippen molar-refractivity contribution in [1.82, 2.24) is 14.7 Å². The molecule has 2 N–H and O–H groups in total. The Hall–Kier alpha value is -3.26. The third-order valence-electron chi connectivity index (χ3n) is 5.63. The SMILES string of the molecule is Cc1ccccc1NC(=O)Nc1ccnn1C1CCN(Cc2cccc(F)c2F)CC1. The number of amides is 2. The number of nitrogens with zero attached hydrogens (tertiary/aromatic N) is 3. The molecule has 0 unspecified atom stereocenters. The Bertz CT molecular complexity index is 1060. The fraction of sp³-hybridized carbons (Fsp3) is 0.304. The second-order valence-corrected chi connectivity index (χ2v) is 7.78. The van der Waals surface area contributed by atoms with E-state index in [0.717, 1.165) is 43.2 Å². The number of urea groups is 1. The van der Waals surface area contributed by atoms with Crippen LogP contribution in [0.1, 0.15) is 30.0 Å². The molecule has 1 aliphatic heterocycles. The van der Waals surface area contributed by atoms with Crippen molar-refractivity contribution in [3.05, 3.63) is 77.5 Å². The minimum absolute atomic E-state index is 0.123. The number of halogens is 2. The summed E-state index contributed by atoms with van der Waals surface area (Å²) in [5.41, 5.74) is 2.10. The zero-order valence-electron chi connectivity index (χ0n) is 17.3. The summed E-state index contributed by atoms with van der Waals surface area (Å²) in [6, 6.07) is 13.4. The molecule has 0 atom stereocenters.